The fraction of sp³-hybridized carbons (Fsp3) is 1.00. The molecule has 0 aromatic heterocycles. The predicted molar refractivity (Wildman–Crippen MR) is 84.4 cm³/mol. The third-order valence-corrected chi connectivity index (χ3v) is 6.34. The van der Waals surface area contributed by atoms with Gasteiger partial charge in [-0.2, -0.15) is 11.8 Å². The van der Waals surface area contributed by atoms with Gasteiger partial charge in [-0.25, -0.2) is 0 Å². The van der Waals surface area contributed by atoms with E-state index in [-0.39, 0.29) is 5.60 Å². The molecule has 3 aliphatic heterocycles. The van der Waals surface area contributed by atoms with Crippen molar-refractivity contribution >= 4 is 11.8 Å². The summed E-state index contributed by atoms with van der Waals surface area (Å²) in [7, 11) is 0. The van der Waals surface area contributed by atoms with Gasteiger partial charge in [0, 0.05) is 25.2 Å². The molecule has 3 nitrogen and oxygen atoms in total. The van der Waals surface area contributed by atoms with E-state index in [4.69, 9.17) is 9.47 Å². The van der Waals surface area contributed by atoms with E-state index in [0.717, 1.165) is 32.3 Å². The number of ether oxygens (including phenoxy) is 2. The van der Waals surface area contributed by atoms with Crippen molar-refractivity contribution in [3.8, 4) is 0 Å². The maximum Gasteiger partial charge on any atom is 0.0701 e. The van der Waals surface area contributed by atoms with E-state index >= 15 is 0 Å². The second kappa shape index (κ2) is 6.99. The lowest BCUT2D eigenvalue weighted by atomic mass is 9.75. The Morgan fingerprint density at radius 3 is 2.70 bits per heavy atom. The first-order chi connectivity index (χ1) is 9.83. The molecule has 3 rings (SSSR count). The molecular weight excluding hydrogens is 270 g/mol. The summed E-state index contributed by atoms with van der Waals surface area (Å²) in [6.07, 6.45) is 6.24. The highest BCUT2D eigenvalue weighted by Gasteiger charge is 2.42. The number of hydrogen-bond acceptors (Lipinski definition) is 4. The zero-order chi connectivity index (χ0) is 13.8. The van der Waals surface area contributed by atoms with Crippen molar-refractivity contribution in [3.05, 3.63) is 0 Å². The zero-order valence-electron chi connectivity index (χ0n) is 12.7. The van der Waals surface area contributed by atoms with Crippen molar-refractivity contribution in [1.29, 1.82) is 0 Å². The van der Waals surface area contributed by atoms with Gasteiger partial charge in [0.25, 0.3) is 0 Å². The summed E-state index contributed by atoms with van der Waals surface area (Å²) in [5.74, 6) is 4.06. The lowest BCUT2D eigenvalue weighted by Crippen LogP contribution is -2.51. The largest absolute Gasteiger partial charge is 0.381 e. The highest BCUT2D eigenvalue weighted by Crippen LogP contribution is 2.42. The Morgan fingerprint density at radius 2 is 2.00 bits per heavy atom. The molecule has 20 heavy (non-hydrogen) atoms. The van der Waals surface area contributed by atoms with E-state index in [2.05, 4.69) is 24.0 Å². The van der Waals surface area contributed by atoms with Crippen molar-refractivity contribution in [2.45, 2.75) is 50.7 Å². The molecule has 1 N–H and O–H groups in total. The molecule has 0 bridgehead atoms. The average Bonchev–Trinajstić information content (AvgIpc) is 2.99. The van der Waals surface area contributed by atoms with E-state index in [1.165, 1.54) is 43.6 Å². The summed E-state index contributed by atoms with van der Waals surface area (Å²) < 4.78 is 11.9. The lowest BCUT2D eigenvalue weighted by Gasteiger charge is -2.46. The number of nitrogens with one attached hydrogen (secondary N) is 1. The van der Waals surface area contributed by atoms with Crippen LogP contribution in [0.3, 0.4) is 0 Å². The minimum Gasteiger partial charge on any atom is -0.381 e. The van der Waals surface area contributed by atoms with Crippen LogP contribution < -0.4 is 5.32 Å². The lowest BCUT2D eigenvalue weighted by molar-refractivity contribution is -0.110. The van der Waals surface area contributed by atoms with Crippen LogP contribution in [0.2, 0.25) is 0 Å². The standard InChI is InChI=1S/C16H29NO2S/c1-2-17-15(14-3-7-18-12-14)13-4-8-19-16(11-13)5-9-20-10-6-16/h13-15,17H,2-12H2,1H3. The summed E-state index contributed by atoms with van der Waals surface area (Å²) in [5.41, 5.74) is 0.210. The molecule has 3 atom stereocenters. The molecule has 0 aliphatic carbocycles. The third kappa shape index (κ3) is 3.34. The van der Waals surface area contributed by atoms with Crippen LogP contribution in [0.4, 0.5) is 0 Å². The zero-order valence-corrected chi connectivity index (χ0v) is 13.6. The Kier molecular flexibility index (Phi) is 5.29. The van der Waals surface area contributed by atoms with Crippen LogP contribution in [0.25, 0.3) is 0 Å². The summed E-state index contributed by atoms with van der Waals surface area (Å²) in [4.78, 5) is 0. The quantitative estimate of drug-likeness (QED) is 0.864. The van der Waals surface area contributed by atoms with Gasteiger partial charge in [0.1, 0.15) is 0 Å². The molecule has 3 saturated heterocycles. The molecule has 3 aliphatic rings. The molecule has 116 valence electrons. The number of rotatable bonds is 4. The maximum absolute atomic E-state index is 6.26. The fourth-order valence-corrected chi connectivity index (χ4v) is 5.49. The molecule has 3 unspecified atom stereocenters. The van der Waals surface area contributed by atoms with E-state index in [9.17, 15) is 0 Å². The molecule has 0 amide bonds. The summed E-state index contributed by atoms with van der Waals surface area (Å²) in [6, 6.07) is 0.637. The molecule has 0 aromatic carbocycles. The topological polar surface area (TPSA) is 30.5 Å². The SMILES string of the molecule is CCNC(C1CCOC1)C1CCOC2(CCSCC2)C1. The third-order valence-electron chi connectivity index (χ3n) is 5.36. The van der Waals surface area contributed by atoms with Crippen LogP contribution in [0, 0.1) is 11.8 Å². The molecular formula is C16H29NO2S. The number of thioether (sulfide) groups is 1. The van der Waals surface area contributed by atoms with Gasteiger partial charge < -0.3 is 14.8 Å². The van der Waals surface area contributed by atoms with Crippen LogP contribution >= 0.6 is 11.8 Å². The van der Waals surface area contributed by atoms with Gasteiger partial charge in [0.15, 0.2) is 0 Å². The smallest absolute Gasteiger partial charge is 0.0701 e. The van der Waals surface area contributed by atoms with Crippen molar-refractivity contribution in [2.75, 3.05) is 37.9 Å². The Morgan fingerprint density at radius 1 is 1.20 bits per heavy atom. The van der Waals surface area contributed by atoms with Gasteiger partial charge >= 0.3 is 0 Å². The van der Waals surface area contributed by atoms with Crippen LogP contribution in [-0.2, 0) is 9.47 Å². The Hall–Kier alpha value is 0.230. The number of hydrogen-bond donors (Lipinski definition) is 1. The second-order valence-corrected chi connectivity index (χ2v) is 7.83. The van der Waals surface area contributed by atoms with Gasteiger partial charge in [-0.1, -0.05) is 6.92 Å². The molecule has 3 heterocycles. The summed E-state index contributed by atoms with van der Waals surface area (Å²) in [5, 5.41) is 3.78. The first-order valence-corrected chi connectivity index (χ1v) is 9.51. The second-order valence-electron chi connectivity index (χ2n) is 6.60. The van der Waals surface area contributed by atoms with Gasteiger partial charge in [-0.05, 0) is 56.1 Å². The van der Waals surface area contributed by atoms with E-state index in [0.29, 0.717) is 12.0 Å². The van der Waals surface area contributed by atoms with E-state index < -0.39 is 0 Å². The van der Waals surface area contributed by atoms with Gasteiger partial charge in [-0.15, -0.1) is 0 Å². The van der Waals surface area contributed by atoms with Crippen molar-refractivity contribution < 1.29 is 9.47 Å². The molecule has 0 saturated carbocycles. The van der Waals surface area contributed by atoms with Crippen LogP contribution in [0.15, 0.2) is 0 Å². The first kappa shape index (κ1) is 15.1. The first-order valence-electron chi connectivity index (χ1n) is 8.36. The van der Waals surface area contributed by atoms with Gasteiger partial charge in [0.2, 0.25) is 0 Å². The summed E-state index contributed by atoms with van der Waals surface area (Å²) in [6.45, 7) is 6.18. The minimum atomic E-state index is 0.210. The van der Waals surface area contributed by atoms with Crippen molar-refractivity contribution in [2.24, 2.45) is 11.8 Å². The summed E-state index contributed by atoms with van der Waals surface area (Å²) >= 11 is 2.09. The average molecular weight is 299 g/mol. The molecule has 3 fully saturated rings. The highest BCUT2D eigenvalue weighted by atomic mass is 32.2. The molecule has 0 aromatic rings. The van der Waals surface area contributed by atoms with E-state index in [1.54, 1.807) is 0 Å². The Balaban J connectivity index is 1.66. The maximum atomic E-state index is 6.26. The molecule has 0 radical (unpaired) electrons. The monoisotopic (exact) mass is 299 g/mol. The van der Waals surface area contributed by atoms with Crippen LogP contribution in [-0.4, -0.2) is 49.5 Å². The van der Waals surface area contributed by atoms with Crippen LogP contribution in [0.5, 0.6) is 0 Å². The minimum absolute atomic E-state index is 0.210. The van der Waals surface area contributed by atoms with E-state index in [1.807, 2.05) is 0 Å². The molecule has 1 spiro atoms. The normalized spacial score (nSPS) is 35.2. The van der Waals surface area contributed by atoms with Gasteiger partial charge in [0.05, 0.1) is 12.2 Å². The predicted octanol–water partition coefficient (Wildman–Crippen LogP) is 2.69. The Bertz CT molecular complexity index is 295. The van der Waals surface area contributed by atoms with Gasteiger partial charge in [-0.3, -0.25) is 0 Å². The van der Waals surface area contributed by atoms with Crippen LogP contribution in [0.1, 0.15) is 39.0 Å². The fourth-order valence-electron chi connectivity index (χ4n) is 4.25. The van der Waals surface area contributed by atoms with Crippen molar-refractivity contribution in [1.82, 2.24) is 5.32 Å². The highest BCUT2D eigenvalue weighted by molar-refractivity contribution is 7.99. The van der Waals surface area contributed by atoms with Crippen molar-refractivity contribution in [3.63, 3.8) is 0 Å². The molecule has 4 heteroatoms. The Labute approximate surface area is 127 Å².